The van der Waals surface area contributed by atoms with Crippen LogP contribution in [0.25, 0.3) is 0 Å². The van der Waals surface area contributed by atoms with Crippen LogP contribution in [0.1, 0.15) is 80.3 Å². The van der Waals surface area contributed by atoms with E-state index in [1.165, 1.54) is 12.1 Å². The minimum atomic E-state index is -2.89. The maximum absolute atomic E-state index is 14.7. The Hall–Kier alpha value is -2.23. The fourth-order valence-electron chi connectivity index (χ4n) is 6.25. The molecule has 1 aromatic heterocycles. The molecule has 212 valence electrons. The van der Waals surface area contributed by atoms with Crippen molar-refractivity contribution in [3.05, 3.63) is 51.7 Å². The number of alkyl halides is 2. The molecule has 2 saturated heterocycles. The number of benzene rings is 1. The van der Waals surface area contributed by atoms with Gasteiger partial charge in [-0.3, -0.25) is 4.79 Å². The summed E-state index contributed by atoms with van der Waals surface area (Å²) in [7, 11) is 0. The molecule has 0 saturated carbocycles. The fraction of sp³-hybridized carbons (Fsp3) is 0.621. The van der Waals surface area contributed by atoms with Crippen LogP contribution in [0.5, 0.6) is 0 Å². The molecule has 39 heavy (non-hydrogen) atoms. The highest BCUT2D eigenvalue weighted by Crippen LogP contribution is 2.38. The molecule has 1 spiro atoms. The smallest absolute Gasteiger partial charge is 0.266 e. The van der Waals surface area contributed by atoms with Gasteiger partial charge in [-0.1, -0.05) is 18.2 Å². The zero-order valence-corrected chi connectivity index (χ0v) is 23.0. The van der Waals surface area contributed by atoms with E-state index in [4.69, 9.17) is 16.3 Å². The van der Waals surface area contributed by atoms with E-state index >= 15 is 0 Å². The molecular weight excluding hydrogens is 529 g/mol. The van der Waals surface area contributed by atoms with Gasteiger partial charge in [0.2, 0.25) is 5.28 Å². The molecule has 3 atom stereocenters. The van der Waals surface area contributed by atoms with E-state index in [1.54, 1.807) is 6.92 Å². The second-order valence-corrected chi connectivity index (χ2v) is 11.8. The summed E-state index contributed by atoms with van der Waals surface area (Å²) in [6.45, 7) is 5.17. The highest BCUT2D eigenvalue weighted by molar-refractivity contribution is 6.28. The maximum Gasteiger partial charge on any atom is 0.266 e. The van der Waals surface area contributed by atoms with Crippen molar-refractivity contribution in [3.63, 3.8) is 0 Å². The number of aromatic nitrogens is 2. The summed E-state index contributed by atoms with van der Waals surface area (Å²) in [6.07, 6.45) is 3.64. The van der Waals surface area contributed by atoms with Gasteiger partial charge in [0.15, 0.2) is 0 Å². The van der Waals surface area contributed by atoms with E-state index in [1.807, 2.05) is 0 Å². The first-order chi connectivity index (χ1) is 18.7. The Morgan fingerprint density at radius 3 is 2.77 bits per heavy atom. The average Bonchev–Trinajstić information content (AvgIpc) is 3.33. The number of ether oxygens (including phenoxy) is 1. The van der Waals surface area contributed by atoms with Crippen molar-refractivity contribution < 1.29 is 22.7 Å². The van der Waals surface area contributed by atoms with Crippen molar-refractivity contribution >= 4 is 23.2 Å². The number of rotatable bonds is 8. The highest BCUT2D eigenvalue weighted by atomic mass is 35.5. The van der Waals surface area contributed by atoms with Gasteiger partial charge in [-0.25, -0.2) is 23.1 Å². The van der Waals surface area contributed by atoms with Gasteiger partial charge in [0.05, 0.1) is 30.5 Å². The summed E-state index contributed by atoms with van der Waals surface area (Å²) in [5, 5.41) is 6.79. The first-order valence-corrected chi connectivity index (χ1v) is 14.3. The molecule has 3 heterocycles. The predicted molar refractivity (Wildman–Crippen MR) is 144 cm³/mol. The SMILES string of the molecule is C[C@@H](Nc1nc(Cl)nc2c1CC(CCC(=O)C1CCCNCC3(CC1)COC3)C2)c1cccc(C(F)F)c1F. The number of hydrogen-bond donors (Lipinski definition) is 2. The summed E-state index contributed by atoms with van der Waals surface area (Å²) in [4.78, 5) is 22.0. The largest absolute Gasteiger partial charge is 0.380 e. The lowest BCUT2D eigenvalue weighted by atomic mass is 9.77. The lowest BCUT2D eigenvalue weighted by Crippen LogP contribution is -2.49. The molecule has 5 rings (SSSR count). The molecular formula is C29H36ClF3N4O2. The fourth-order valence-corrected chi connectivity index (χ4v) is 6.43. The first kappa shape index (κ1) is 28.3. The summed E-state index contributed by atoms with van der Waals surface area (Å²) < 4.78 is 46.6. The predicted octanol–water partition coefficient (Wildman–Crippen LogP) is 6.24. The monoisotopic (exact) mass is 564 g/mol. The van der Waals surface area contributed by atoms with Crippen molar-refractivity contribution in [1.29, 1.82) is 0 Å². The number of anilines is 1. The lowest BCUT2D eigenvalue weighted by molar-refractivity contribution is -0.128. The minimum Gasteiger partial charge on any atom is -0.380 e. The average molecular weight is 565 g/mol. The van der Waals surface area contributed by atoms with Gasteiger partial charge in [-0.15, -0.1) is 0 Å². The number of nitrogens with zero attached hydrogens (tertiary/aromatic N) is 2. The van der Waals surface area contributed by atoms with Gasteiger partial charge in [-0.05, 0) is 75.9 Å². The number of carbonyl (C=O) groups is 1. The van der Waals surface area contributed by atoms with Crippen molar-refractivity contribution in [2.45, 2.75) is 70.8 Å². The van der Waals surface area contributed by atoms with E-state index in [2.05, 4.69) is 20.6 Å². The molecule has 2 N–H and O–H groups in total. The molecule has 3 aliphatic rings. The van der Waals surface area contributed by atoms with Crippen LogP contribution in [0.15, 0.2) is 18.2 Å². The van der Waals surface area contributed by atoms with Crippen LogP contribution in [0.4, 0.5) is 19.0 Å². The summed E-state index contributed by atoms with van der Waals surface area (Å²) in [5.41, 5.74) is 1.43. The maximum atomic E-state index is 14.7. The van der Waals surface area contributed by atoms with Crippen molar-refractivity contribution in [1.82, 2.24) is 15.3 Å². The Morgan fingerprint density at radius 1 is 1.23 bits per heavy atom. The Kier molecular flexibility index (Phi) is 8.79. The standard InChI is InChI=1S/C29H36ClF3N4O2/c1-17(20-5-2-6-21(25(20)31)26(32)33)35-27-22-12-18(13-23(22)36-28(30)37-27)7-8-24(38)19-4-3-11-34-14-29(10-9-19)15-39-16-29/h2,5-6,17-19,26,34H,3-4,7-16H2,1H3,(H,35,36,37)/t17-,18?,19?/m1/s1. The number of carbonyl (C=O) groups excluding carboxylic acids is 1. The summed E-state index contributed by atoms with van der Waals surface area (Å²) >= 11 is 6.21. The van der Waals surface area contributed by atoms with Crippen LogP contribution >= 0.6 is 11.6 Å². The third kappa shape index (κ3) is 6.41. The molecule has 2 unspecified atom stereocenters. The van der Waals surface area contributed by atoms with Crippen LogP contribution in [-0.4, -0.2) is 42.1 Å². The van der Waals surface area contributed by atoms with Crippen molar-refractivity contribution in [3.8, 4) is 0 Å². The van der Waals surface area contributed by atoms with Gasteiger partial charge >= 0.3 is 0 Å². The second-order valence-electron chi connectivity index (χ2n) is 11.5. The molecule has 2 fully saturated rings. The molecule has 6 nitrogen and oxygen atoms in total. The zero-order chi connectivity index (χ0) is 27.6. The number of Topliss-reactive ketones (excluding diaryl/α,β-unsaturated/α-hetero) is 1. The first-order valence-electron chi connectivity index (χ1n) is 13.9. The van der Waals surface area contributed by atoms with E-state index in [0.29, 0.717) is 30.9 Å². The number of fused-ring (bicyclic) bond motifs is 1. The zero-order valence-electron chi connectivity index (χ0n) is 22.2. The third-order valence-corrected chi connectivity index (χ3v) is 8.82. The lowest BCUT2D eigenvalue weighted by Gasteiger charge is -2.42. The number of hydrogen-bond acceptors (Lipinski definition) is 6. The Morgan fingerprint density at radius 2 is 2.03 bits per heavy atom. The Bertz CT molecular complexity index is 1190. The van der Waals surface area contributed by atoms with Gasteiger partial charge in [-0.2, -0.15) is 0 Å². The van der Waals surface area contributed by atoms with Gasteiger partial charge in [0.1, 0.15) is 17.4 Å². The van der Waals surface area contributed by atoms with Crippen LogP contribution < -0.4 is 10.6 Å². The normalized spacial score (nSPS) is 23.4. The van der Waals surface area contributed by atoms with E-state index in [0.717, 1.165) is 75.7 Å². The van der Waals surface area contributed by atoms with Gasteiger partial charge in [0, 0.05) is 35.4 Å². The van der Waals surface area contributed by atoms with Crippen LogP contribution in [-0.2, 0) is 22.4 Å². The molecule has 2 aromatic rings. The van der Waals surface area contributed by atoms with Gasteiger partial charge in [0.25, 0.3) is 6.43 Å². The van der Waals surface area contributed by atoms with Crippen molar-refractivity contribution in [2.75, 3.05) is 31.6 Å². The molecule has 0 amide bonds. The minimum absolute atomic E-state index is 0.0788. The van der Waals surface area contributed by atoms with Crippen molar-refractivity contribution in [2.24, 2.45) is 17.3 Å². The molecule has 10 heteroatoms. The molecule has 0 bridgehead atoms. The number of nitrogens with one attached hydrogen (secondary N) is 2. The molecule has 1 aromatic carbocycles. The Balaban J connectivity index is 1.21. The molecule has 1 aliphatic carbocycles. The summed E-state index contributed by atoms with van der Waals surface area (Å²) in [6, 6.07) is 3.40. The Labute approximate surface area is 232 Å². The highest BCUT2D eigenvalue weighted by Gasteiger charge is 2.39. The van der Waals surface area contributed by atoms with Gasteiger partial charge < -0.3 is 15.4 Å². The van der Waals surface area contributed by atoms with Crippen LogP contribution in [0.2, 0.25) is 5.28 Å². The van der Waals surface area contributed by atoms with E-state index in [-0.39, 0.29) is 28.1 Å². The topological polar surface area (TPSA) is 76.1 Å². The second kappa shape index (κ2) is 12.1. The van der Waals surface area contributed by atoms with E-state index < -0.39 is 23.8 Å². The van der Waals surface area contributed by atoms with Crippen LogP contribution in [0, 0.1) is 23.1 Å². The number of ketones is 1. The third-order valence-electron chi connectivity index (χ3n) is 8.65. The van der Waals surface area contributed by atoms with Crippen LogP contribution in [0.3, 0.4) is 0 Å². The van der Waals surface area contributed by atoms with E-state index in [9.17, 15) is 18.0 Å². The summed E-state index contributed by atoms with van der Waals surface area (Å²) in [5.74, 6) is 0.240. The molecule has 2 aliphatic heterocycles. The molecule has 0 radical (unpaired) electrons. The number of halogens is 4. The quantitative estimate of drug-likeness (QED) is 0.370.